The summed E-state index contributed by atoms with van der Waals surface area (Å²) < 4.78 is 8.60. The molecule has 0 amide bonds. The Morgan fingerprint density at radius 1 is 0.808 bits per heavy atom. The third-order valence-corrected chi connectivity index (χ3v) is 5.32. The largest absolute Gasteiger partial charge is 0.455 e. The van der Waals surface area contributed by atoms with Crippen LogP contribution in [0.2, 0.25) is 0 Å². The zero-order valence-corrected chi connectivity index (χ0v) is 15.2. The lowest BCUT2D eigenvalue weighted by Gasteiger charge is -2.07. The Hall–Kier alpha value is -3.13. The van der Waals surface area contributed by atoms with Gasteiger partial charge in [-0.3, -0.25) is 0 Å². The molecule has 0 aliphatic rings. The van der Waals surface area contributed by atoms with Gasteiger partial charge in [-0.05, 0) is 53.9 Å². The number of nitrogens with zero attached hydrogens (tertiary/aromatic N) is 1. The van der Waals surface area contributed by atoms with Crippen LogP contribution < -0.4 is 4.57 Å². The maximum Gasteiger partial charge on any atom is 0.216 e. The average Bonchev–Trinajstić information content (AvgIpc) is 2.99. The number of furan rings is 1. The molecule has 0 saturated carbocycles. The Balaban J connectivity index is 1.98. The smallest absolute Gasteiger partial charge is 0.216 e. The zero-order chi connectivity index (χ0) is 17.8. The molecule has 0 radical (unpaired) electrons. The monoisotopic (exact) mass is 338 g/mol. The number of benzene rings is 3. The summed E-state index contributed by atoms with van der Waals surface area (Å²) in [6.45, 7) is 4.34. The van der Waals surface area contributed by atoms with E-state index in [0.717, 1.165) is 11.2 Å². The van der Waals surface area contributed by atoms with Crippen molar-refractivity contribution in [1.82, 2.24) is 0 Å². The highest BCUT2D eigenvalue weighted by atomic mass is 16.3. The fourth-order valence-electron chi connectivity index (χ4n) is 4.10. The molecule has 5 rings (SSSR count). The number of pyridine rings is 1. The van der Waals surface area contributed by atoms with Gasteiger partial charge in [-0.25, -0.2) is 4.57 Å². The van der Waals surface area contributed by atoms with Gasteiger partial charge in [0.2, 0.25) is 5.69 Å². The van der Waals surface area contributed by atoms with Crippen molar-refractivity contribution in [2.75, 3.05) is 0 Å². The van der Waals surface area contributed by atoms with Crippen LogP contribution in [0.1, 0.15) is 11.1 Å². The number of hydrogen-bond donors (Lipinski definition) is 0. The van der Waals surface area contributed by atoms with Crippen LogP contribution in [0.5, 0.6) is 0 Å². The molecule has 2 heteroatoms. The van der Waals surface area contributed by atoms with Crippen LogP contribution in [0.3, 0.4) is 0 Å². The Kier molecular flexibility index (Phi) is 3.17. The second-order valence-electron chi connectivity index (χ2n) is 7.08. The number of hydrogen-bond acceptors (Lipinski definition) is 1. The summed E-state index contributed by atoms with van der Waals surface area (Å²) >= 11 is 0. The lowest BCUT2D eigenvalue weighted by Crippen LogP contribution is -2.30. The maximum absolute atomic E-state index is 6.45. The standard InChI is InChI=1S/C24H20NO/c1-15-12-16(2)23(20-10-6-7-11-25(20)3)24-22(15)19-13-17-8-4-5-9-18(17)14-21(19)26-24/h4-14H,1-3H3/q+1. The fourth-order valence-corrected chi connectivity index (χ4v) is 4.10. The van der Waals surface area contributed by atoms with E-state index in [1.807, 2.05) is 0 Å². The second-order valence-corrected chi connectivity index (χ2v) is 7.08. The SMILES string of the molecule is Cc1cc(C)c2c(oc3cc4ccccc4cc32)c1-c1cccc[n+]1C. The van der Waals surface area contributed by atoms with E-state index in [1.54, 1.807) is 0 Å². The fraction of sp³-hybridized carbons (Fsp3) is 0.125. The highest BCUT2D eigenvalue weighted by Gasteiger charge is 2.21. The topological polar surface area (TPSA) is 17.0 Å². The highest BCUT2D eigenvalue weighted by molar-refractivity contribution is 6.14. The predicted molar refractivity (Wildman–Crippen MR) is 107 cm³/mol. The molecule has 0 aliphatic carbocycles. The molecule has 5 aromatic rings. The molecule has 3 aromatic carbocycles. The van der Waals surface area contributed by atoms with Gasteiger partial charge in [0, 0.05) is 22.9 Å². The molecule has 0 fully saturated rings. The van der Waals surface area contributed by atoms with Crippen LogP contribution in [-0.2, 0) is 7.05 Å². The lowest BCUT2D eigenvalue weighted by atomic mass is 9.96. The molecule has 0 saturated heterocycles. The molecule has 126 valence electrons. The zero-order valence-electron chi connectivity index (χ0n) is 15.2. The van der Waals surface area contributed by atoms with E-state index in [9.17, 15) is 0 Å². The molecule has 0 bridgehead atoms. The van der Waals surface area contributed by atoms with Crippen molar-refractivity contribution in [3.05, 3.63) is 78.0 Å². The number of rotatable bonds is 1. The van der Waals surface area contributed by atoms with Crippen molar-refractivity contribution in [2.24, 2.45) is 7.05 Å². The van der Waals surface area contributed by atoms with Crippen LogP contribution in [0.15, 0.2) is 71.3 Å². The van der Waals surface area contributed by atoms with E-state index in [4.69, 9.17) is 4.42 Å². The minimum atomic E-state index is 0.951. The predicted octanol–water partition coefficient (Wildman–Crippen LogP) is 5.85. The summed E-state index contributed by atoms with van der Waals surface area (Å²) in [5, 5.41) is 4.86. The van der Waals surface area contributed by atoms with Gasteiger partial charge in [-0.15, -0.1) is 0 Å². The maximum atomic E-state index is 6.45. The first kappa shape index (κ1) is 15.2. The van der Waals surface area contributed by atoms with E-state index in [1.165, 1.54) is 43.9 Å². The molecule has 0 atom stereocenters. The second kappa shape index (κ2) is 5.43. The van der Waals surface area contributed by atoms with Gasteiger partial charge >= 0.3 is 0 Å². The van der Waals surface area contributed by atoms with Crippen molar-refractivity contribution >= 4 is 32.7 Å². The van der Waals surface area contributed by atoms with Gasteiger partial charge in [0.05, 0.1) is 5.56 Å². The third-order valence-electron chi connectivity index (χ3n) is 5.32. The first-order valence-electron chi connectivity index (χ1n) is 8.94. The van der Waals surface area contributed by atoms with E-state index in [-0.39, 0.29) is 0 Å². The Labute approximate surface area is 152 Å². The summed E-state index contributed by atoms with van der Waals surface area (Å²) in [4.78, 5) is 0. The van der Waals surface area contributed by atoms with Crippen molar-refractivity contribution in [2.45, 2.75) is 13.8 Å². The molecule has 2 nitrogen and oxygen atoms in total. The van der Waals surface area contributed by atoms with Gasteiger partial charge in [-0.1, -0.05) is 30.3 Å². The van der Waals surface area contributed by atoms with Gasteiger partial charge in [-0.2, -0.15) is 0 Å². The quantitative estimate of drug-likeness (QED) is 0.351. The van der Waals surface area contributed by atoms with E-state index < -0.39 is 0 Å². The number of aromatic nitrogens is 1. The van der Waals surface area contributed by atoms with Crippen LogP contribution in [-0.4, -0.2) is 0 Å². The Bertz CT molecular complexity index is 1310. The normalized spacial score (nSPS) is 11.7. The first-order chi connectivity index (χ1) is 12.6. The molecule has 0 N–H and O–H groups in total. The summed E-state index contributed by atoms with van der Waals surface area (Å²) in [7, 11) is 2.08. The van der Waals surface area contributed by atoms with Gasteiger partial charge in [0.25, 0.3) is 0 Å². The van der Waals surface area contributed by atoms with Crippen molar-refractivity contribution < 1.29 is 8.98 Å². The molecule has 2 aromatic heterocycles. The summed E-state index contributed by atoms with van der Waals surface area (Å²) in [6, 6.07) is 21.4. The van der Waals surface area contributed by atoms with E-state index in [0.29, 0.717) is 0 Å². The van der Waals surface area contributed by atoms with Crippen LogP contribution >= 0.6 is 0 Å². The van der Waals surface area contributed by atoms with E-state index in [2.05, 4.69) is 92.3 Å². The van der Waals surface area contributed by atoms with Crippen molar-refractivity contribution in [1.29, 1.82) is 0 Å². The van der Waals surface area contributed by atoms with Crippen LogP contribution in [0.25, 0.3) is 44.0 Å². The highest BCUT2D eigenvalue weighted by Crippen LogP contribution is 2.40. The number of fused-ring (bicyclic) bond motifs is 4. The van der Waals surface area contributed by atoms with E-state index >= 15 is 0 Å². The molecule has 0 spiro atoms. The number of aryl methyl sites for hydroxylation is 3. The lowest BCUT2D eigenvalue weighted by molar-refractivity contribution is -0.660. The van der Waals surface area contributed by atoms with Crippen LogP contribution in [0.4, 0.5) is 0 Å². The minimum absolute atomic E-state index is 0.951. The molecular formula is C24H20NO+. The summed E-state index contributed by atoms with van der Waals surface area (Å²) in [6.07, 6.45) is 2.08. The van der Waals surface area contributed by atoms with Gasteiger partial charge < -0.3 is 4.42 Å². The summed E-state index contributed by atoms with van der Waals surface area (Å²) in [5.41, 5.74) is 6.77. The van der Waals surface area contributed by atoms with Crippen molar-refractivity contribution in [3.8, 4) is 11.3 Å². The summed E-state index contributed by atoms with van der Waals surface area (Å²) in [5.74, 6) is 0. The molecule has 0 unspecified atom stereocenters. The average molecular weight is 338 g/mol. The molecule has 0 aliphatic heterocycles. The minimum Gasteiger partial charge on any atom is -0.455 e. The Morgan fingerprint density at radius 2 is 1.54 bits per heavy atom. The first-order valence-corrected chi connectivity index (χ1v) is 8.94. The third kappa shape index (κ3) is 2.08. The molecular weight excluding hydrogens is 318 g/mol. The molecule has 26 heavy (non-hydrogen) atoms. The van der Waals surface area contributed by atoms with Crippen molar-refractivity contribution in [3.63, 3.8) is 0 Å². The molecule has 2 heterocycles. The Morgan fingerprint density at radius 3 is 2.31 bits per heavy atom. The van der Waals surface area contributed by atoms with Crippen LogP contribution in [0, 0.1) is 13.8 Å². The van der Waals surface area contributed by atoms with Gasteiger partial charge in [0.15, 0.2) is 6.20 Å². The van der Waals surface area contributed by atoms with Gasteiger partial charge in [0.1, 0.15) is 18.2 Å².